The minimum absolute atomic E-state index is 0.877. The van der Waals surface area contributed by atoms with Gasteiger partial charge in [-0.3, -0.25) is 4.98 Å². The van der Waals surface area contributed by atoms with E-state index >= 15 is 0 Å². The molecule has 0 spiro atoms. The molecule has 0 aliphatic heterocycles. The fourth-order valence-corrected chi connectivity index (χ4v) is 1.49. The monoisotopic (exact) mass is 195 g/mol. The predicted octanol–water partition coefficient (Wildman–Crippen LogP) is 3.48. The SMILES string of the molecule is C=CCc1ccc(-c2ccccc2)nc1. The van der Waals surface area contributed by atoms with Gasteiger partial charge in [-0.25, -0.2) is 0 Å². The number of rotatable bonds is 3. The molecule has 2 rings (SSSR count). The van der Waals surface area contributed by atoms with Crippen LogP contribution in [0.3, 0.4) is 0 Å². The largest absolute Gasteiger partial charge is 0.256 e. The fraction of sp³-hybridized carbons (Fsp3) is 0.0714. The Morgan fingerprint density at radius 2 is 1.87 bits per heavy atom. The van der Waals surface area contributed by atoms with Crippen molar-refractivity contribution in [3.8, 4) is 11.3 Å². The topological polar surface area (TPSA) is 12.9 Å². The van der Waals surface area contributed by atoms with Crippen molar-refractivity contribution < 1.29 is 0 Å². The normalized spacial score (nSPS) is 9.87. The summed E-state index contributed by atoms with van der Waals surface area (Å²) in [5, 5.41) is 0. The molecule has 0 aliphatic rings. The number of hydrogen-bond acceptors (Lipinski definition) is 1. The van der Waals surface area contributed by atoms with E-state index in [4.69, 9.17) is 0 Å². The number of pyridine rings is 1. The second kappa shape index (κ2) is 4.56. The van der Waals surface area contributed by atoms with Crippen LogP contribution in [-0.4, -0.2) is 4.98 Å². The molecule has 0 N–H and O–H groups in total. The quantitative estimate of drug-likeness (QED) is 0.683. The van der Waals surface area contributed by atoms with Gasteiger partial charge in [0.25, 0.3) is 0 Å². The second-order valence-electron chi connectivity index (χ2n) is 3.41. The Hall–Kier alpha value is -1.89. The van der Waals surface area contributed by atoms with Gasteiger partial charge in [-0.15, -0.1) is 6.58 Å². The van der Waals surface area contributed by atoms with Gasteiger partial charge in [0.1, 0.15) is 0 Å². The van der Waals surface area contributed by atoms with Gasteiger partial charge in [0.05, 0.1) is 5.69 Å². The highest BCUT2D eigenvalue weighted by Gasteiger charge is 1.97. The molecule has 15 heavy (non-hydrogen) atoms. The Morgan fingerprint density at radius 1 is 1.07 bits per heavy atom. The lowest BCUT2D eigenvalue weighted by atomic mass is 10.1. The maximum Gasteiger partial charge on any atom is 0.0702 e. The van der Waals surface area contributed by atoms with Crippen LogP contribution in [-0.2, 0) is 6.42 Å². The summed E-state index contributed by atoms with van der Waals surface area (Å²) in [4.78, 5) is 4.42. The lowest BCUT2D eigenvalue weighted by Gasteiger charge is -2.01. The molecule has 0 radical (unpaired) electrons. The Balaban J connectivity index is 2.28. The molecule has 0 unspecified atom stereocenters. The molecule has 1 heterocycles. The summed E-state index contributed by atoms with van der Waals surface area (Å²) in [7, 11) is 0. The molecule has 74 valence electrons. The molecule has 0 fully saturated rings. The van der Waals surface area contributed by atoms with Gasteiger partial charge in [-0.05, 0) is 18.1 Å². The van der Waals surface area contributed by atoms with Crippen LogP contribution in [0.15, 0.2) is 61.3 Å². The van der Waals surface area contributed by atoms with Crippen LogP contribution in [0.2, 0.25) is 0 Å². The number of allylic oxidation sites excluding steroid dienone is 1. The molecule has 0 saturated carbocycles. The lowest BCUT2D eigenvalue weighted by molar-refractivity contribution is 1.20. The molecule has 1 aromatic carbocycles. The maximum atomic E-state index is 4.42. The molecule has 1 aromatic heterocycles. The highest BCUT2D eigenvalue weighted by atomic mass is 14.7. The first-order valence-corrected chi connectivity index (χ1v) is 5.01. The fourth-order valence-electron chi connectivity index (χ4n) is 1.49. The van der Waals surface area contributed by atoms with E-state index in [-0.39, 0.29) is 0 Å². The van der Waals surface area contributed by atoms with Crippen LogP contribution in [0.5, 0.6) is 0 Å². The summed E-state index contributed by atoms with van der Waals surface area (Å²) in [5.74, 6) is 0. The average Bonchev–Trinajstić information content (AvgIpc) is 2.32. The summed E-state index contributed by atoms with van der Waals surface area (Å²) in [5.41, 5.74) is 3.37. The summed E-state index contributed by atoms with van der Waals surface area (Å²) in [6, 6.07) is 14.3. The third-order valence-electron chi connectivity index (χ3n) is 2.27. The van der Waals surface area contributed by atoms with E-state index in [9.17, 15) is 0 Å². The Bertz CT molecular complexity index is 429. The van der Waals surface area contributed by atoms with E-state index in [1.807, 2.05) is 36.5 Å². The molecule has 2 aromatic rings. The Morgan fingerprint density at radius 3 is 2.47 bits per heavy atom. The number of benzene rings is 1. The molecule has 1 nitrogen and oxygen atoms in total. The van der Waals surface area contributed by atoms with Gasteiger partial charge in [0, 0.05) is 11.8 Å². The molecule has 1 heteroatoms. The zero-order chi connectivity index (χ0) is 10.5. The van der Waals surface area contributed by atoms with Crippen LogP contribution in [0.25, 0.3) is 11.3 Å². The van der Waals surface area contributed by atoms with Crippen LogP contribution < -0.4 is 0 Å². The second-order valence-corrected chi connectivity index (χ2v) is 3.41. The van der Waals surface area contributed by atoms with Crippen molar-refractivity contribution in [1.82, 2.24) is 4.98 Å². The first-order chi connectivity index (χ1) is 7.40. The molecule has 0 atom stereocenters. The Labute approximate surface area is 90.1 Å². The summed E-state index contributed by atoms with van der Waals surface area (Å²) in [6.07, 6.45) is 4.67. The zero-order valence-corrected chi connectivity index (χ0v) is 8.56. The van der Waals surface area contributed by atoms with E-state index in [2.05, 4.69) is 29.8 Å². The summed E-state index contributed by atoms with van der Waals surface area (Å²) >= 11 is 0. The first-order valence-electron chi connectivity index (χ1n) is 5.01. The van der Waals surface area contributed by atoms with Gasteiger partial charge in [-0.2, -0.15) is 0 Å². The summed E-state index contributed by atoms with van der Waals surface area (Å²) in [6.45, 7) is 3.71. The van der Waals surface area contributed by atoms with E-state index < -0.39 is 0 Å². The van der Waals surface area contributed by atoms with Crippen molar-refractivity contribution >= 4 is 0 Å². The van der Waals surface area contributed by atoms with Crippen molar-refractivity contribution in [1.29, 1.82) is 0 Å². The maximum absolute atomic E-state index is 4.42. The highest BCUT2D eigenvalue weighted by molar-refractivity contribution is 5.58. The highest BCUT2D eigenvalue weighted by Crippen LogP contribution is 2.16. The predicted molar refractivity (Wildman–Crippen MR) is 63.6 cm³/mol. The minimum Gasteiger partial charge on any atom is -0.256 e. The number of aromatic nitrogens is 1. The van der Waals surface area contributed by atoms with Gasteiger partial charge in [0.15, 0.2) is 0 Å². The van der Waals surface area contributed by atoms with Crippen molar-refractivity contribution in [3.63, 3.8) is 0 Å². The van der Waals surface area contributed by atoms with Crippen molar-refractivity contribution in [2.75, 3.05) is 0 Å². The van der Waals surface area contributed by atoms with Crippen LogP contribution in [0, 0.1) is 0 Å². The molecule has 0 amide bonds. The number of nitrogens with zero attached hydrogens (tertiary/aromatic N) is 1. The van der Waals surface area contributed by atoms with Crippen LogP contribution in [0.4, 0.5) is 0 Å². The molecular formula is C14H13N. The van der Waals surface area contributed by atoms with Gasteiger partial charge in [0.2, 0.25) is 0 Å². The van der Waals surface area contributed by atoms with Gasteiger partial charge in [-0.1, -0.05) is 42.5 Å². The van der Waals surface area contributed by atoms with Crippen molar-refractivity contribution in [2.24, 2.45) is 0 Å². The van der Waals surface area contributed by atoms with E-state index in [0.29, 0.717) is 0 Å². The first kappa shape index (κ1) is 9.66. The summed E-state index contributed by atoms with van der Waals surface area (Å²) < 4.78 is 0. The van der Waals surface area contributed by atoms with E-state index in [1.165, 1.54) is 5.56 Å². The average molecular weight is 195 g/mol. The molecular weight excluding hydrogens is 182 g/mol. The molecule has 0 bridgehead atoms. The molecule has 0 saturated heterocycles. The zero-order valence-electron chi connectivity index (χ0n) is 8.56. The van der Waals surface area contributed by atoms with Gasteiger partial charge >= 0.3 is 0 Å². The van der Waals surface area contributed by atoms with Crippen molar-refractivity contribution in [3.05, 3.63) is 66.9 Å². The van der Waals surface area contributed by atoms with Crippen LogP contribution in [0.1, 0.15) is 5.56 Å². The van der Waals surface area contributed by atoms with E-state index in [1.54, 1.807) is 0 Å². The third-order valence-corrected chi connectivity index (χ3v) is 2.27. The van der Waals surface area contributed by atoms with Gasteiger partial charge < -0.3 is 0 Å². The van der Waals surface area contributed by atoms with E-state index in [0.717, 1.165) is 17.7 Å². The van der Waals surface area contributed by atoms with Crippen LogP contribution >= 0.6 is 0 Å². The molecule has 0 aliphatic carbocycles. The Kier molecular flexibility index (Phi) is 2.93. The smallest absolute Gasteiger partial charge is 0.0702 e. The number of hydrogen-bond donors (Lipinski definition) is 0. The minimum atomic E-state index is 0.877. The third kappa shape index (κ3) is 2.32. The lowest BCUT2D eigenvalue weighted by Crippen LogP contribution is -1.86. The van der Waals surface area contributed by atoms with Crippen molar-refractivity contribution in [2.45, 2.75) is 6.42 Å². The standard InChI is InChI=1S/C14H13N/c1-2-6-12-9-10-14(15-11-12)13-7-4-3-5-8-13/h2-5,7-11H,1,6H2.